The normalized spacial score (nSPS) is 22.1. The summed E-state index contributed by atoms with van der Waals surface area (Å²) in [5.74, 6) is -0.255. The molecule has 2 saturated heterocycles. The first-order valence-corrected chi connectivity index (χ1v) is 11.7. The van der Waals surface area contributed by atoms with Crippen molar-refractivity contribution in [1.29, 1.82) is 0 Å². The van der Waals surface area contributed by atoms with Crippen LogP contribution in [0.25, 0.3) is 0 Å². The first-order valence-electron chi connectivity index (χ1n) is 10.1. The van der Waals surface area contributed by atoms with Gasteiger partial charge in [0.05, 0.1) is 24.9 Å². The van der Waals surface area contributed by atoms with Crippen molar-refractivity contribution in [3.63, 3.8) is 0 Å². The van der Waals surface area contributed by atoms with Crippen LogP contribution in [-0.2, 0) is 32.6 Å². The van der Waals surface area contributed by atoms with Crippen LogP contribution in [-0.4, -0.2) is 68.7 Å². The highest BCUT2D eigenvalue weighted by Gasteiger charge is 2.31. The standard InChI is InChI=1S/C20H31N3O4S/c1-2-28(25,26)23-9-5-8-19(16-23)20(24)21-14-17-6-3-4-7-18(17)15-22-10-12-27-13-11-22/h3-4,6-7,19H,2,5,8-16H2,1H3,(H,21,24)/t19-/m0/s1. The Morgan fingerprint density at radius 1 is 1.18 bits per heavy atom. The summed E-state index contributed by atoms with van der Waals surface area (Å²) in [6, 6.07) is 8.16. The van der Waals surface area contributed by atoms with Crippen LogP contribution >= 0.6 is 0 Å². The third-order valence-electron chi connectivity index (χ3n) is 5.58. The van der Waals surface area contributed by atoms with Gasteiger partial charge in [0.1, 0.15) is 0 Å². The summed E-state index contributed by atoms with van der Waals surface area (Å²) in [5, 5.41) is 3.03. The van der Waals surface area contributed by atoms with Gasteiger partial charge in [0.25, 0.3) is 0 Å². The zero-order valence-electron chi connectivity index (χ0n) is 16.6. The summed E-state index contributed by atoms with van der Waals surface area (Å²) >= 11 is 0. The van der Waals surface area contributed by atoms with Gasteiger partial charge in [0.15, 0.2) is 0 Å². The Balaban J connectivity index is 1.57. The van der Waals surface area contributed by atoms with Crippen molar-refractivity contribution >= 4 is 15.9 Å². The molecule has 2 aliphatic heterocycles. The van der Waals surface area contributed by atoms with E-state index in [1.165, 1.54) is 9.87 Å². The third kappa shape index (κ3) is 5.53. The number of carbonyl (C=O) groups excluding carboxylic acids is 1. The molecule has 7 nitrogen and oxygen atoms in total. The van der Waals surface area contributed by atoms with Crippen LogP contribution in [0.15, 0.2) is 24.3 Å². The van der Waals surface area contributed by atoms with Crippen LogP contribution in [0.5, 0.6) is 0 Å². The number of rotatable bonds is 7. The maximum atomic E-state index is 12.7. The van der Waals surface area contributed by atoms with Crippen molar-refractivity contribution in [1.82, 2.24) is 14.5 Å². The predicted molar refractivity (Wildman–Crippen MR) is 108 cm³/mol. The molecule has 0 bridgehead atoms. The average molecular weight is 410 g/mol. The molecule has 2 heterocycles. The number of nitrogens with one attached hydrogen (secondary N) is 1. The van der Waals surface area contributed by atoms with Crippen molar-refractivity contribution in [2.45, 2.75) is 32.9 Å². The lowest BCUT2D eigenvalue weighted by molar-refractivity contribution is -0.126. The molecule has 28 heavy (non-hydrogen) atoms. The quantitative estimate of drug-likeness (QED) is 0.732. The van der Waals surface area contributed by atoms with E-state index in [9.17, 15) is 13.2 Å². The molecule has 2 fully saturated rings. The molecule has 1 N–H and O–H groups in total. The highest BCUT2D eigenvalue weighted by molar-refractivity contribution is 7.89. The van der Waals surface area contributed by atoms with Crippen LogP contribution in [0.2, 0.25) is 0 Å². The molecule has 0 spiro atoms. The second kappa shape index (κ2) is 9.82. The van der Waals surface area contributed by atoms with Gasteiger partial charge in [-0.1, -0.05) is 24.3 Å². The van der Waals surface area contributed by atoms with Gasteiger partial charge < -0.3 is 10.1 Å². The van der Waals surface area contributed by atoms with E-state index in [0.717, 1.165) is 51.3 Å². The second-order valence-electron chi connectivity index (χ2n) is 7.47. The zero-order valence-corrected chi connectivity index (χ0v) is 17.4. The number of piperidine rings is 1. The number of benzene rings is 1. The molecule has 8 heteroatoms. The molecule has 0 aromatic heterocycles. The van der Waals surface area contributed by atoms with E-state index in [0.29, 0.717) is 13.1 Å². The molecular weight excluding hydrogens is 378 g/mol. The van der Waals surface area contributed by atoms with Crippen molar-refractivity contribution in [3.05, 3.63) is 35.4 Å². The number of amides is 1. The number of carbonyl (C=O) groups is 1. The van der Waals surface area contributed by atoms with Crippen molar-refractivity contribution in [3.8, 4) is 0 Å². The molecule has 3 rings (SSSR count). The topological polar surface area (TPSA) is 79.0 Å². The Morgan fingerprint density at radius 2 is 1.89 bits per heavy atom. The number of hydrogen-bond acceptors (Lipinski definition) is 5. The zero-order chi connectivity index (χ0) is 20.0. The van der Waals surface area contributed by atoms with Gasteiger partial charge in [0.2, 0.25) is 15.9 Å². The third-order valence-corrected chi connectivity index (χ3v) is 7.43. The summed E-state index contributed by atoms with van der Waals surface area (Å²) in [5.41, 5.74) is 2.32. The minimum absolute atomic E-state index is 0.0582. The summed E-state index contributed by atoms with van der Waals surface area (Å²) in [6.07, 6.45) is 1.46. The number of morpholine rings is 1. The maximum absolute atomic E-state index is 12.7. The number of nitrogens with zero attached hydrogens (tertiary/aromatic N) is 2. The van der Waals surface area contributed by atoms with E-state index in [-0.39, 0.29) is 24.1 Å². The lowest BCUT2D eigenvalue weighted by Gasteiger charge is -2.31. The molecule has 1 atom stereocenters. The summed E-state index contributed by atoms with van der Waals surface area (Å²) in [7, 11) is -3.24. The van der Waals surface area contributed by atoms with Gasteiger partial charge in [-0.3, -0.25) is 9.69 Å². The SMILES string of the molecule is CCS(=O)(=O)N1CCC[C@H](C(=O)NCc2ccccc2CN2CCOCC2)C1. The fraction of sp³-hybridized carbons (Fsp3) is 0.650. The van der Waals surface area contributed by atoms with Gasteiger partial charge in [-0.15, -0.1) is 0 Å². The van der Waals surface area contributed by atoms with Crippen LogP contribution in [0, 0.1) is 5.92 Å². The first kappa shape index (κ1) is 21.2. The van der Waals surface area contributed by atoms with Crippen LogP contribution in [0.1, 0.15) is 30.9 Å². The molecule has 1 aromatic carbocycles. The molecule has 0 radical (unpaired) electrons. The van der Waals surface area contributed by atoms with Crippen molar-refractivity contribution in [2.24, 2.45) is 5.92 Å². The molecular formula is C20H31N3O4S. The molecule has 0 aliphatic carbocycles. The fourth-order valence-corrected chi connectivity index (χ4v) is 4.98. The van der Waals surface area contributed by atoms with E-state index in [4.69, 9.17) is 4.74 Å². The van der Waals surface area contributed by atoms with Crippen LogP contribution in [0.3, 0.4) is 0 Å². The summed E-state index contributed by atoms with van der Waals surface area (Å²) in [6.45, 7) is 7.13. The monoisotopic (exact) mass is 409 g/mol. The van der Waals surface area contributed by atoms with E-state index in [1.54, 1.807) is 6.92 Å². The van der Waals surface area contributed by atoms with E-state index in [1.807, 2.05) is 18.2 Å². The van der Waals surface area contributed by atoms with Gasteiger partial charge >= 0.3 is 0 Å². The van der Waals surface area contributed by atoms with E-state index < -0.39 is 10.0 Å². The van der Waals surface area contributed by atoms with Gasteiger partial charge in [-0.05, 0) is 30.9 Å². The smallest absolute Gasteiger partial charge is 0.224 e. The predicted octanol–water partition coefficient (Wildman–Crippen LogP) is 1.20. The van der Waals surface area contributed by atoms with Crippen molar-refractivity contribution < 1.29 is 17.9 Å². The maximum Gasteiger partial charge on any atom is 0.224 e. The van der Waals surface area contributed by atoms with Crippen molar-refractivity contribution in [2.75, 3.05) is 45.1 Å². The second-order valence-corrected chi connectivity index (χ2v) is 9.73. The Labute approximate surface area is 168 Å². The highest BCUT2D eigenvalue weighted by Crippen LogP contribution is 2.20. The molecule has 2 aliphatic rings. The minimum atomic E-state index is -3.24. The van der Waals surface area contributed by atoms with E-state index in [2.05, 4.69) is 16.3 Å². The Kier molecular flexibility index (Phi) is 7.45. The Bertz CT molecular complexity index is 762. The molecule has 1 aromatic rings. The van der Waals surface area contributed by atoms with Crippen LogP contribution in [0.4, 0.5) is 0 Å². The highest BCUT2D eigenvalue weighted by atomic mass is 32.2. The number of ether oxygens (including phenoxy) is 1. The summed E-state index contributed by atoms with van der Waals surface area (Å²) in [4.78, 5) is 15.0. The largest absolute Gasteiger partial charge is 0.379 e. The Morgan fingerprint density at radius 3 is 2.61 bits per heavy atom. The molecule has 0 unspecified atom stereocenters. The van der Waals surface area contributed by atoms with E-state index >= 15 is 0 Å². The lowest BCUT2D eigenvalue weighted by atomic mass is 9.98. The van der Waals surface area contributed by atoms with Crippen LogP contribution < -0.4 is 5.32 Å². The number of sulfonamides is 1. The summed E-state index contributed by atoms with van der Waals surface area (Å²) < 4.78 is 31.1. The molecule has 1 amide bonds. The van der Waals surface area contributed by atoms with Gasteiger partial charge in [-0.25, -0.2) is 12.7 Å². The van der Waals surface area contributed by atoms with Gasteiger partial charge in [0, 0.05) is 39.3 Å². The van der Waals surface area contributed by atoms with Gasteiger partial charge in [-0.2, -0.15) is 0 Å². The fourth-order valence-electron chi connectivity index (χ4n) is 3.80. The minimum Gasteiger partial charge on any atom is -0.379 e. The molecule has 0 saturated carbocycles. The number of hydrogen-bond donors (Lipinski definition) is 1. The lowest BCUT2D eigenvalue weighted by Crippen LogP contribution is -2.45. The first-order chi connectivity index (χ1) is 13.5. The average Bonchev–Trinajstić information content (AvgIpc) is 2.73. The molecule has 156 valence electrons. The Hall–Kier alpha value is -1.48.